The van der Waals surface area contributed by atoms with E-state index < -0.39 is 0 Å². The molecule has 0 aliphatic carbocycles. The second-order valence-corrected chi connectivity index (χ2v) is 5.34. The molecule has 1 aromatic rings. The van der Waals surface area contributed by atoms with Gasteiger partial charge in [-0.2, -0.15) is 0 Å². The van der Waals surface area contributed by atoms with Gasteiger partial charge in [0.15, 0.2) is 0 Å². The van der Waals surface area contributed by atoms with Crippen molar-refractivity contribution in [1.29, 1.82) is 0 Å². The van der Waals surface area contributed by atoms with Crippen molar-refractivity contribution in [2.75, 3.05) is 40.3 Å². The van der Waals surface area contributed by atoms with Crippen molar-refractivity contribution in [3.8, 4) is 0 Å². The maximum absolute atomic E-state index is 5.31. The summed E-state index contributed by atoms with van der Waals surface area (Å²) in [6, 6.07) is 4.49. The number of hydrogen-bond acceptors (Lipinski definition) is 4. The summed E-state index contributed by atoms with van der Waals surface area (Å²) in [5, 5.41) is 3.46. The molecule has 0 bridgehead atoms. The van der Waals surface area contributed by atoms with Gasteiger partial charge in [0.25, 0.3) is 0 Å². The van der Waals surface area contributed by atoms with Crippen LogP contribution in [0.5, 0.6) is 0 Å². The maximum Gasteiger partial charge on any atom is 0.117 e. The molecule has 0 aliphatic heterocycles. The summed E-state index contributed by atoms with van der Waals surface area (Å²) in [5.74, 6) is 1.00. The van der Waals surface area contributed by atoms with Crippen LogP contribution in [0.25, 0.3) is 0 Å². The molecule has 110 valence electrons. The Kier molecular flexibility index (Phi) is 7.79. The Hall–Kier alpha value is -0.840. The summed E-state index contributed by atoms with van der Waals surface area (Å²) < 4.78 is 5.31. The van der Waals surface area contributed by atoms with E-state index in [-0.39, 0.29) is 0 Å². The van der Waals surface area contributed by atoms with E-state index in [2.05, 4.69) is 43.1 Å². The third-order valence-electron chi connectivity index (χ3n) is 3.40. The highest BCUT2D eigenvalue weighted by molar-refractivity contribution is 4.97. The van der Waals surface area contributed by atoms with E-state index in [0.717, 1.165) is 38.5 Å². The lowest BCUT2D eigenvalue weighted by molar-refractivity contribution is 0.203. The van der Waals surface area contributed by atoms with E-state index in [0.29, 0.717) is 6.04 Å². The van der Waals surface area contributed by atoms with E-state index in [1.165, 1.54) is 6.42 Å². The van der Waals surface area contributed by atoms with Crippen LogP contribution in [0.2, 0.25) is 0 Å². The lowest BCUT2D eigenvalue weighted by atomic mass is 10.2. The highest BCUT2D eigenvalue weighted by Gasteiger charge is 2.11. The Labute approximate surface area is 117 Å². The fourth-order valence-corrected chi connectivity index (χ4v) is 2.23. The molecule has 19 heavy (non-hydrogen) atoms. The molecule has 0 amide bonds. The lowest BCUT2D eigenvalue weighted by Crippen LogP contribution is -2.41. The van der Waals surface area contributed by atoms with E-state index in [4.69, 9.17) is 4.42 Å². The third-order valence-corrected chi connectivity index (χ3v) is 3.40. The molecule has 0 aromatic carbocycles. The molecule has 1 N–H and O–H groups in total. The second-order valence-electron chi connectivity index (χ2n) is 5.34. The molecule has 4 heteroatoms. The molecule has 0 aliphatic rings. The van der Waals surface area contributed by atoms with Crippen LogP contribution in [0.4, 0.5) is 0 Å². The molecular weight excluding hydrogens is 238 g/mol. The predicted octanol–water partition coefficient (Wildman–Crippen LogP) is 2.03. The number of hydrogen-bond donors (Lipinski definition) is 1. The van der Waals surface area contributed by atoms with Gasteiger partial charge in [-0.05, 0) is 59.2 Å². The van der Waals surface area contributed by atoms with Gasteiger partial charge in [-0.15, -0.1) is 0 Å². The molecule has 0 saturated carbocycles. The number of furan rings is 1. The first kappa shape index (κ1) is 16.2. The number of nitrogens with zero attached hydrogens (tertiary/aromatic N) is 2. The van der Waals surface area contributed by atoms with Crippen LogP contribution in [-0.2, 0) is 6.54 Å². The number of nitrogens with one attached hydrogen (secondary N) is 1. The molecule has 1 atom stereocenters. The minimum absolute atomic E-state index is 0.558. The van der Waals surface area contributed by atoms with Crippen molar-refractivity contribution in [3.63, 3.8) is 0 Å². The highest BCUT2D eigenvalue weighted by atomic mass is 16.3. The average molecular weight is 267 g/mol. The van der Waals surface area contributed by atoms with Gasteiger partial charge in [-0.25, -0.2) is 0 Å². The Bertz CT molecular complexity index is 311. The second kappa shape index (κ2) is 9.13. The fraction of sp³-hybridized carbons (Fsp3) is 0.733. The van der Waals surface area contributed by atoms with Crippen LogP contribution in [-0.4, -0.2) is 56.1 Å². The minimum Gasteiger partial charge on any atom is -0.468 e. The lowest BCUT2D eigenvalue weighted by Gasteiger charge is -2.28. The first-order chi connectivity index (χ1) is 9.13. The molecule has 1 unspecified atom stereocenters. The van der Waals surface area contributed by atoms with Gasteiger partial charge < -0.3 is 14.6 Å². The zero-order valence-corrected chi connectivity index (χ0v) is 12.9. The molecule has 4 nitrogen and oxygen atoms in total. The zero-order valence-electron chi connectivity index (χ0n) is 12.9. The average Bonchev–Trinajstić information content (AvgIpc) is 2.87. The Morgan fingerprint density at radius 1 is 1.32 bits per heavy atom. The van der Waals surface area contributed by atoms with Gasteiger partial charge in [-0.3, -0.25) is 4.90 Å². The van der Waals surface area contributed by atoms with Crippen molar-refractivity contribution in [2.45, 2.75) is 32.9 Å². The third kappa shape index (κ3) is 6.76. The van der Waals surface area contributed by atoms with E-state index in [1.807, 2.05) is 12.1 Å². The van der Waals surface area contributed by atoms with Crippen LogP contribution in [0.3, 0.4) is 0 Å². The van der Waals surface area contributed by atoms with Crippen LogP contribution < -0.4 is 5.32 Å². The maximum atomic E-state index is 5.31. The van der Waals surface area contributed by atoms with Crippen molar-refractivity contribution in [2.24, 2.45) is 0 Å². The molecular formula is C15H29N3O. The Morgan fingerprint density at radius 3 is 2.68 bits per heavy atom. The first-order valence-corrected chi connectivity index (χ1v) is 7.25. The van der Waals surface area contributed by atoms with Gasteiger partial charge in [0.2, 0.25) is 0 Å². The standard InChI is InChI=1S/C15H29N3O/c1-5-18(10-7-9-17(3)4)14(2)12-16-13-15-8-6-11-19-15/h6,8,11,14,16H,5,7,9-10,12-13H2,1-4H3. The fourth-order valence-electron chi connectivity index (χ4n) is 2.23. The highest BCUT2D eigenvalue weighted by Crippen LogP contribution is 2.02. The SMILES string of the molecule is CCN(CCCN(C)C)C(C)CNCc1ccco1. The van der Waals surface area contributed by atoms with Crippen LogP contribution in [0.1, 0.15) is 26.0 Å². The Balaban J connectivity index is 2.19. The first-order valence-electron chi connectivity index (χ1n) is 7.25. The smallest absolute Gasteiger partial charge is 0.117 e. The number of rotatable bonds is 10. The van der Waals surface area contributed by atoms with Crippen molar-refractivity contribution < 1.29 is 4.42 Å². The van der Waals surface area contributed by atoms with Crippen LogP contribution >= 0.6 is 0 Å². The molecule has 0 fully saturated rings. The summed E-state index contributed by atoms with van der Waals surface area (Å²) in [6.45, 7) is 9.76. The summed E-state index contributed by atoms with van der Waals surface area (Å²) in [6.07, 6.45) is 2.95. The molecule has 0 spiro atoms. The summed E-state index contributed by atoms with van der Waals surface area (Å²) >= 11 is 0. The van der Waals surface area contributed by atoms with Gasteiger partial charge in [-0.1, -0.05) is 6.92 Å². The van der Waals surface area contributed by atoms with Gasteiger partial charge >= 0.3 is 0 Å². The summed E-state index contributed by atoms with van der Waals surface area (Å²) in [7, 11) is 4.26. The molecule has 0 radical (unpaired) electrons. The van der Waals surface area contributed by atoms with Gasteiger partial charge in [0, 0.05) is 12.6 Å². The molecule has 1 aromatic heterocycles. The number of likely N-dealkylation sites (N-methyl/N-ethyl adjacent to an activating group) is 1. The van der Waals surface area contributed by atoms with Crippen LogP contribution in [0.15, 0.2) is 22.8 Å². The largest absolute Gasteiger partial charge is 0.468 e. The molecule has 1 heterocycles. The van der Waals surface area contributed by atoms with Gasteiger partial charge in [0.1, 0.15) is 5.76 Å². The molecule has 0 saturated heterocycles. The van der Waals surface area contributed by atoms with Crippen molar-refractivity contribution in [3.05, 3.63) is 24.2 Å². The monoisotopic (exact) mass is 267 g/mol. The van der Waals surface area contributed by atoms with E-state index >= 15 is 0 Å². The normalized spacial score (nSPS) is 13.4. The van der Waals surface area contributed by atoms with Crippen LogP contribution in [0, 0.1) is 0 Å². The van der Waals surface area contributed by atoms with E-state index in [9.17, 15) is 0 Å². The van der Waals surface area contributed by atoms with Crippen molar-refractivity contribution >= 4 is 0 Å². The van der Waals surface area contributed by atoms with Crippen molar-refractivity contribution in [1.82, 2.24) is 15.1 Å². The summed E-state index contributed by atoms with van der Waals surface area (Å²) in [5.41, 5.74) is 0. The Morgan fingerprint density at radius 2 is 2.11 bits per heavy atom. The molecule has 1 rings (SSSR count). The minimum atomic E-state index is 0.558. The summed E-state index contributed by atoms with van der Waals surface area (Å²) in [4.78, 5) is 4.77. The topological polar surface area (TPSA) is 31.6 Å². The predicted molar refractivity (Wildman–Crippen MR) is 80.3 cm³/mol. The van der Waals surface area contributed by atoms with E-state index in [1.54, 1.807) is 6.26 Å². The zero-order chi connectivity index (χ0) is 14.1. The van der Waals surface area contributed by atoms with Gasteiger partial charge in [0.05, 0.1) is 12.8 Å². The quantitative estimate of drug-likeness (QED) is 0.703.